The van der Waals surface area contributed by atoms with Crippen molar-refractivity contribution in [3.8, 4) is 16.6 Å². The monoisotopic (exact) mass is 385 g/mol. The molecule has 0 radical (unpaired) electrons. The van der Waals surface area contributed by atoms with Crippen molar-refractivity contribution in [1.29, 1.82) is 0 Å². The minimum absolute atomic E-state index is 0.151. The highest BCUT2D eigenvalue weighted by molar-refractivity contribution is 7.12. The number of aromatic nitrogens is 3. The van der Waals surface area contributed by atoms with Crippen LogP contribution >= 0.6 is 11.3 Å². The molecule has 0 atom stereocenters. The lowest BCUT2D eigenvalue weighted by molar-refractivity contribution is -0.141. The molecule has 1 aliphatic heterocycles. The number of rotatable bonds is 5. The van der Waals surface area contributed by atoms with Gasteiger partial charge in [0.15, 0.2) is 5.76 Å². The molecule has 1 aliphatic rings. The van der Waals surface area contributed by atoms with Crippen molar-refractivity contribution in [2.24, 2.45) is 0 Å². The third-order valence-corrected chi connectivity index (χ3v) is 4.82. The van der Waals surface area contributed by atoms with E-state index in [2.05, 4.69) is 15.4 Å². The molecule has 27 heavy (non-hydrogen) atoms. The summed E-state index contributed by atoms with van der Waals surface area (Å²) in [5.74, 6) is -0.0803. The molecule has 0 saturated carbocycles. The van der Waals surface area contributed by atoms with Crippen molar-refractivity contribution >= 4 is 34.9 Å². The smallest absolute Gasteiger partial charge is 0.245 e. The van der Waals surface area contributed by atoms with Gasteiger partial charge in [-0.25, -0.2) is 4.98 Å². The number of carbonyl (C=O) groups excluding carboxylic acids is 3. The molecule has 9 nitrogen and oxygen atoms in total. The third kappa shape index (κ3) is 3.38. The number of carbonyl (C=O) groups is 3. The Bertz CT molecular complexity index is 1000. The van der Waals surface area contributed by atoms with Gasteiger partial charge in [0.1, 0.15) is 18.1 Å². The van der Waals surface area contributed by atoms with Gasteiger partial charge in [-0.15, -0.1) is 11.3 Å². The molecule has 0 spiro atoms. The molecule has 3 amide bonds. The van der Waals surface area contributed by atoms with Gasteiger partial charge in [-0.1, -0.05) is 0 Å². The summed E-state index contributed by atoms with van der Waals surface area (Å²) in [6.45, 7) is 1.48. The van der Waals surface area contributed by atoms with Crippen molar-refractivity contribution in [3.63, 3.8) is 0 Å². The maximum atomic E-state index is 12.3. The minimum Gasteiger partial charge on any atom is -0.463 e. The van der Waals surface area contributed by atoms with Gasteiger partial charge in [-0.3, -0.25) is 19.3 Å². The summed E-state index contributed by atoms with van der Waals surface area (Å²) in [7, 11) is 0. The van der Waals surface area contributed by atoms with E-state index in [1.807, 2.05) is 5.38 Å². The quantitative estimate of drug-likeness (QED) is 0.673. The van der Waals surface area contributed by atoms with E-state index in [9.17, 15) is 14.4 Å². The number of amides is 3. The van der Waals surface area contributed by atoms with Crippen LogP contribution in [0.1, 0.15) is 18.5 Å². The summed E-state index contributed by atoms with van der Waals surface area (Å²) < 4.78 is 6.85. The molecular formula is C17H15N5O4S. The van der Waals surface area contributed by atoms with Gasteiger partial charge < -0.3 is 9.73 Å². The summed E-state index contributed by atoms with van der Waals surface area (Å²) in [6, 6.07) is 5.28. The summed E-state index contributed by atoms with van der Waals surface area (Å²) in [5, 5.41) is 9.45. The molecule has 0 bridgehead atoms. The van der Waals surface area contributed by atoms with Crippen LogP contribution in [0.3, 0.4) is 0 Å². The number of hydrogen-bond acceptors (Lipinski definition) is 7. The summed E-state index contributed by atoms with van der Waals surface area (Å²) in [6.07, 6.45) is 1.87. The standard InChI is InChI=1S/C17H15N5O4S/c1-10-7-13(19-14(23)8-21-15(24)4-5-16(21)25)22(20-10)17-18-11(9-27-17)12-3-2-6-26-12/h2-3,6-7,9H,4-5,8H2,1H3,(H,19,23). The SMILES string of the molecule is Cc1cc(NC(=O)CN2C(=O)CCC2=O)n(-c2nc(-c3ccco3)cs2)n1. The van der Waals surface area contributed by atoms with E-state index in [0.717, 1.165) is 4.90 Å². The highest BCUT2D eigenvalue weighted by Gasteiger charge is 2.30. The van der Waals surface area contributed by atoms with Crippen LogP contribution in [0.4, 0.5) is 5.82 Å². The van der Waals surface area contributed by atoms with Crippen LogP contribution in [-0.2, 0) is 14.4 Å². The number of hydrogen-bond donors (Lipinski definition) is 1. The predicted molar refractivity (Wildman–Crippen MR) is 96.3 cm³/mol. The maximum Gasteiger partial charge on any atom is 0.245 e. The number of imide groups is 1. The van der Waals surface area contributed by atoms with Gasteiger partial charge in [-0.2, -0.15) is 9.78 Å². The number of thiazole rings is 1. The fourth-order valence-electron chi connectivity index (χ4n) is 2.76. The zero-order valence-corrected chi connectivity index (χ0v) is 15.2. The average Bonchev–Trinajstić information content (AvgIpc) is 3.39. The van der Waals surface area contributed by atoms with Crippen molar-refractivity contribution in [2.75, 3.05) is 11.9 Å². The molecule has 0 aromatic carbocycles. The Kier molecular flexibility index (Phi) is 4.32. The Labute approximate surface area is 157 Å². The number of likely N-dealkylation sites (tertiary alicyclic amines) is 1. The normalized spacial score (nSPS) is 14.2. The van der Waals surface area contributed by atoms with E-state index in [4.69, 9.17) is 4.42 Å². The van der Waals surface area contributed by atoms with Crippen molar-refractivity contribution in [1.82, 2.24) is 19.7 Å². The lowest BCUT2D eigenvalue weighted by Gasteiger charge is -2.13. The number of aryl methyl sites for hydroxylation is 1. The fraction of sp³-hybridized carbons (Fsp3) is 0.235. The summed E-state index contributed by atoms with van der Waals surface area (Å²) in [4.78, 5) is 41.1. The van der Waals surface area contributed by atoms with Gasteiger partial charge in [0.05, 0.1) is 12.0 Å². The van der Waals surface area contributed by atoms with Crippen LogP contribution in [0.2, 0.25) is 0 Å². The number of nitrogens with one attached hydrogen (secondary N) is 1. The van der Waals surface area contributed by atoms with Gasteiger partial charge in [0.2, 0.25) is 22.9 Å². The first-order valence-corrected chi connectivity index (χ1v) is 9.09. The van der Waals surface area contributed by atoms with E-state index in [1.165, 1.54) is 16.0 Å². The lowest BCUT2D eigenvalue weighted by atomic mass is 10.4. The highest BCUT2D eigenvalue weighted by Crippen LogP contribution is 2.26. The van der Waals surface area contributed by atoms with E-state index < -0.39 is 5.91 Å². The maximum absolute atomic E-state index is 12.3. The van der Waals surface area contributed by atoms with Gasteiger partial charge in [0, 0.05) is 24.3 Å². The first kappa shape index (κ1) is 17.2. The zero-order chi connectivity index (χ0) is 19.0. The minimum atomic E-state index is -0.470. The van der Waals surface area contributed by atoms with Crippen LogP contribution in [0.15, 0.2) is 34.3 Å². The molecule has 3 aromatic rings. The molecule has 3 aromatic heterocycles. The summed E-state index contributed by atoms with van der Waals surface area (Å²) >= 11 is 1.35. The molecule has 0 unspecified atom stereocenters. The van der Waals surface area contributed by atoms with Crippen LogP contribution in [-0.4, -0.2) is 43.9 Å². The molecule has 10 heteroatoms. The van der Waals surface area contributed by atoms with Crippen LogP contribution in [0.25, 0.3) is 16.6 Å². The van der Waals surface area contributed by atoms with E-state index in [-0.39, 0.29) is 31.2 Å². The molecule has 1 N–H and O–H groups in total. The molecule has 0 aliphatic carbocycles. The second-order valence-electron chi connectivity index (χ2n) is 6.00. The Morgan fingerprint density at radius 2 is 2.11 bits per heavy atom. The van der Waals surface area contributed by atoms with E-state index >= 15 is 0 Å². The predicted octanol–water partition coefficient (Wildman–Crippen LogP) is 1.98. The first-order chi connectivity index (χ1) is 13.0. The second-order valence-corrected chi connectivity index (χ2v) is 6.83. The second kappa shape index (κ2) is 6.80. The Morgan fingerprint density at radius 1 is 1.33 bits per heavy atom. The van der Waals surface area contributed by atoms with Crippen LogP contribution in [0.5, 0.6) is 0 Å². The highest BCUT2D eigenvalue weighted by atomic mass is 32.1. The number of anilines is 1. The molecular weight excluding hydrogens is 370 g/mol. The fourth-order valence-corrected chi connectivity index (χ4v) is 3.53. The van der Waals surface area contributed by atoms with Crippen molar-refractivity contribution < 1.29 is 18.8 Å². The third-order valence-electron chi connectivity index (χ3n) is 4.00. The lowest BCUT2D eigenvalue weighted by Crippen LogP contribution is -2.37. The first-order valence-electron chi connectivity index (χ1n) is 8.21. The van der Waals surface area contributed by atoms with Gasteiger partial charge in [0.25, 0.3) is 0 Å². The Hall–Kier alpha value is -3.27. The summed E-state index contributed by atoms with van der Waals surface area (Å²) in [5.41, 5.74) is 1.35. The largest absolute Gasteiger partial charge is 0.463 e. The average molecular weight is 385 g/mol. The Morgan fingerprint density at radius 3 is 2.81 bits per heavy atom. The molecule has 1 saturated heterocycles. The number of nitrogens with zero attached hydrogens (tertiary/aromatic N) is 4. The molecule has 4 rings (SSSR count). The van der Waals surface area contributed by atoms with E-state index in [0.29, 0.717) is 28.1 Å². The topological polar surface area (TPSA) is 110 Å². The Balaban J connectivity index is 1.54. The van der Waals surface area contributed by atoms with Gasteiger partial charge in [-0.05, 0) is 19.1 Å². The molecule has 138 valence electrons. The number of furan rings is 1. The molecule has 1 fully saturated rings. The molecule has 4 heterocycles. The zero-order valence-electron chi connectivity index (χ0n) is 14.3. The van der Waals surface area contributed by atoms with Gasteiger partial charge >= 0.3 is 0 Å². The van der Waals surface area contributed by atoms with Crippen LogP contribution in [0, 0.1) is 6.92 Å². The van der Waals surface area contributed by atoms with Crippen molar-refractivity contribution in [2.45, 2.75) is 19.8 Å². The van der Waals surface area contributed by atoms with Crippen molar-refractivity contribution in [3.05, 3.63) is 35.5 Å². The van der Waals surface area contributed by atoms with E-state index in [1.54, 1.807) is 31.4 Å². The van der Waals surface area contributed by atoms with Crippen LogP contribution < -0.4 is 5.32 Å².